The Bertz CT molecular complexity index is 652. The molecule has 0 aliphatic heterocycles. The van der Waals surface area contributed by atoms with Crippen LogP contribution in [0.2, 0.25) is 0 Å². The Morgan fingerprint density at radius 2 is 1.90 bits per heavy atom. The van der Waals surface area contributed by atoms with Crippen LogP contribution >= 0.6 is 11.3 Å². The minimum atomic E-state index is -0.888. The number of aliphatic carboxylic acids is 1. The molecule has 1 fully saturated rings. The monoisotopic (exact) mass is 302 g/mol. The van der Waals surface area contributed by atoms with Gasteiger partial charge in [0.25, 0.3) is 0 Å². The molecule has 6 heteroatoms. The normalized spacial score (nSPS) is 20.6. The fourth-order valence-corrected chi connectivity index (χ4v) is 3.05. The van der Waals surface area contributed by atoms with Crippen LogP contribution < -0.4 is 5.32 Å². The zero-order valence-electron chi connectivity index (χ0n) is 11.2. The maximum absolute atomic E-state index is 12.0. The Kier molecular flexibility index (Phi) is 3.70. The molecule has 1 aliphatic rings. The molecule has 1 amide bonds. The number of rotatable bonds is 4. The van der Waals surface area contributed by atoms with E-state index >= 15 is 0 Å². The predicted molar refractivity (Wildman–Crippen MR) is 80.0 cm³/mol. The summed E-state index contributed by atoms with van der Waals surface area (Å²) in [5, 5.41) is 14.6. The smallest absolute Gasteiger partial charge is 0.307 e. The SMILES string of the molecule is O=C(O)C1CCC1C(=O)Nc1ccc(-c2nccs2)cc1. The Morgan fingerprint density at radius 1 is 1.19 bits per heavy atom. The molecule has 2 unspecified atom stereocenters. The third-order valence-electron chi connectivity index (χ3n) is 3.76. The van der Waals surface area contributed by atoms with Crippen molar-refractivity contribution in [3.05, 3.63) is 35.8 Å². The molecule has 3 rings (SSSR count). The minimum Gasteiger partial charge on any atom is -0.481 e. The highest BCUT2D eigenvalue weighted by Gasteiger charge is 2.41. The first-order chi connectivity index (χ1) is 10.1. The maximum atomic E-state index is 12.0. The van der Waals surface area contributed by atoms with E-state index in [0.29, 0.717) is 18.5 Å². The Morgan fingerprint density at radius 3 is 2.43 bits per heavy atom. The number of anilines is 1. The highest BCUT2D eigenvalue weighted by Crippen LogP contribution is 2.35. The van der Waals surface area contributed by atoms with E-state index in [1.54, 1.807) is 17.5 Å². The molecule has 2 atom stereocenters. The van der Waals surface area contributed by atoms with E-state index in [9.17, 15) is 9.59 Å². The van der Waals surface area contributed by atoms with E-state index < -0.39 is 17.8 Å². The van der Waals surface area contributed by atoms with Gasteiger partial charge in [-0.25, -0.2) is 4.98 Å². The molecule has 1 saturated carbocycles. The van der Waals surface area contributed by atoms with Crippen LogP contribution in [0.1, 0.15) is 12.8 Å². The summed E-state index contributed by atoms with van der Waals surface area (Å²) in [5.74, 6) is -2.06. The van der Waals surface area contributed by atoms with Gasteiger partial charge in [-0.2, -0.15) is 0 Å². The van der Waals surface area contributed by atoms with Crippen LogP contribution in [0.3, 0.4) is 0 Å². The van der Waals surface area contributed by atoms with E-state index in [2.05, 4.69) is 10.3 Å². The van der Waals surface area contributed by atoms with Crippen molar-refractivity contribution in [3.63, 3.8) is 0 Å². The largest absolute Gasteiger partial charge is 0.481 e. The molecule has 1 aromatic carbocycles. The molecule has 0 bridgehead atoms. The first-order valence-electron chi connectivity index (χ1n) is 6.69. The van der Waals surface area contributed by atoms with E-state index in [4.69, 9.17) is 5.11 Å². The fraction of sp³-hybridized carbons (Fsp3) is 0.267. The standard InChI is InChI=1S/C15H14N2O3S/c18-13(11-5-6-12(11)15(19)20)17-10-3-1-9(2-4-10)14-16-7-8-21-14/h1-4,7-8,11-12H,5-6H2,(H,17,18)(H,19,20). The number of carbonyl (C=O) groups is 2. The van der Waals surface area contributed by atoms with Crippen LogP contribution in [-0.4, -0.2) is 22.0 Å². The summed E-state index contributed by atoms with van der Waals surface area (Å²) in [7, 11) is 0. The van der Waals surface area contributed by atoms with Gasteiger partial charge in [0.15, 0.2) is 0 Å². The lowest BCUT2D eigenvalue weighted by molar-refractivity contribution is -0.151. The van der Waals surface area contributed by atoms with Crippen molar-refractivity contribution in [2.75, 3.05) is 5.32 Å². The average molecular weight is 302 g/mol. The predicted octanol–water partition coefficient (Wildman–Crippen LogP) is 2.86. The van der Waals surface area contributed by atoms with Gasteiger partial charge in [-0.3, -0.25) is 9.59 Å². The number of hydrogen-bond donors (Lipinski definition) is 2. The second kappa shape index (κ2) is 5.65. The second-order valence-corrected chi connectivity index (χ2v) is 5.93. The molecule has 21 heavy (non-hydrogen) atoms. The van der Waals surface area contributed by atoms with Crippen molar-refractivity contribution in [2.45, 2.75) is 12.8 Å². The third kappa shape index (κ3) is 2.80. The van der Waals surface area contributed by atoms with Crippen molar-refractivity contribution in [3.8, 4) is 10.6 Å². The lowest BCUT2D eigenvalue weighted by atomic mass is 9.73. The zero-order valence-corrected chi connectivity index (χ0v) is 12.0. The Hall–Kier alpha value is -2.21. The van der Waals surface area contributed by atoms with Gasteiger partial charge in [0.2, 0.25) is 5.91 Å². The first-order valence-corrected chi connectivity index (χ1v) is 7.57. The summed E-state index contributed by atoms with van der Waals surface area (Å²) < 4.78 is 0. The number of thiazole rings is 1. The molecular formula is C15H14N2O3S. The van der Waals surface area contributed by atoms with Gasteiger partial charge in [-0.15, -0.1) is 11.3 Å². The van der Waals surface area contributed by atoms with Crippen molar-refractivity contribution >= 4 is 28.9 Å². The van der Waals surface area contributed by atoms with Crippen LogP contribution in [0.25, 0.3) is 10.6 Å². The summed E-state index contributed by atoms with van der Waals surface area (Å²) in [5.41, 5.74) is 1.67. The second-order valence-electron chi connectivity index (χ2n) is 5.03. The van der Waals surface area contributed by atoms with E-state index in [1.807, 2.05) is 29.6 Å². The highest BCUT2D eigenvalue weighted by molar-refractivity contribution is 7.13. The molecule has 2 N–H and O–H groups in total. The van der Waals surface area contributed by atoms with Gasteiger partial charge in [0.05, 0.1) is 11.8 Å². The molecule has 108 valence electrons. The number of nitrogens with one attached hydrogen (secondary N) is 1. The first kappa shape index (κ1) is 13.8. The Labute approximate surface area is 125 Å². The number of aromatic nitrogens is 1. The van der Waals surface area contributed by atoms with Gasteiger partial charge in [0, 0.05) is 22.8 Å². The number of carboxylic acid groups (broad SMARTS) is 1. The summed E-state index contributed by atoms with van der Waals surface area (Å²) in [4.78, 5) is 27.2. The highest BCUT2D eigenvalue weighted by atomic mass is 32.1. The maximum Gasteiger partial charge on any atom is 0.307 e. The molecule has 1 aromatic heterocycles. The minimum absolute atomic E-state index is 0.212. The Balaban J connectivity index is 1.65. The molecule has 1 heterocycles. The number of carbonyl (C=O) groups excluding carboxylic acids is 1. The number of benzene rings is 1. The third-order valence-corrected chi connectivity index (χ3v) is 4.58. The molecule has 0 spiro atoms. The van der Waals surface area contributed by atoms with E-state index in [-0.39, 0.29) is 5.91 Å². The van der Waals surface area contributed by atoms with Gasteiger partial charge < -0.3 is 10.4 Å². The van der Waals surface area contributed by atoms with Crippen LogP contribution in [0, 0.1) is 11.8 Å². The number of amides is 1. The van der Waals surface area contributed by atoms with Gasteiger partial charge in [0.1, 0.15) is 5.01 Å². The van der Waals surface area contributed by atoms with Gasteiger partial charge >= 0.3 is 5.97 Å². The molecule has 0 saturated heterocycles. The molecule has 2 aromatic rings. The van der Waals surface area contributed by atoms with Crippen LogP contribution in [-0.2, 0) is 9.59 Å². The van der Waals surface area contributed by atoms with Crippen LogP contribution in [0.15, 0.2) is 35.8 Å². The summed E-state index contributed by atoms with van der Waals surface area (Å²) in [6.45, 7) is 0. The van der Waals surface area contributed by atoms with Crippen molar-refractivity contribution in [2.24, 2.45) is 11.8 Å². The number of nitrogens with zero attached hydrogens (tertiary/aromatic N) is 1. The topological polar surface area (TPSA) is 79.3 Å². The van der Waals surface area contributed by atoms with Gasteiger partial charge in [-0.1, -0.05) is 0 Å². The molecule has 0 radical (unpaired) electrons. The van der Waals surface area contributed by atoms with Crippen molar-refractivity contribution in [1.82, 2.24) is 4.98 Å². The summed E-state index contributed by atoms with van der Waals surface area (Å²) in [6.07, 6.45) is 2.97. The number of hydrogen-bond acceptors (Lipinski definition) is 4. The van der Waals surface area contributed by atoms with Crippen molar-refractivity contribution < 1.29 is 14.7 Å². The average Bonchev–Trinajstić information content (AvgIpc) is 2.91. The zero-order chi connectivity index (χ0) is 14.8. The van der Waals surface area contributed by atoms with Gasteiger partial charge in [-0.05, 0) is 37.1 Å². The fourth-order valence-electron chi connectivity index (χ4n) is 2.41. The molecular weight excluding hydrogens is 288 g/mol. The van der Waals surface area contributed by atoms with Crippen LogP contribution in [0.4, 0.5) is 5.69 Å². The quantitative estimate of drug-likeness (QED) is 0.910. The van der Waals surface area contributed by atoms with Crippen LogP contribution in [0.5, 0.6) is 0 Å². The number of carboxylic acids is 1. The summed E-state index contributed by atoms with van der Waals surface area (Å²) >= 11 is 1.55. The molecule has 5 nitrogen and oxygen atoms in total. The summed E-state index contributed by atoms with van der Waals surface area (Å²) in [6, 6.07) is 7.40. The van der Waals surface area contributed by atoms with Crippen molar-refractivity contribution in [1.29, 1.82) is 0 Å². The lowest BCUT2D eigenvalue weighted by Crippen LogP contribution is -2.41. The van der Waals surface area contributed by atoms with E-state index in [0.717, 1.165) is 10.6 Å². The van der Waals surface area contributed by atoms with E-state index in [1.165, 1.54) is 0 Å². The molecule has 1 aliphatic carbocycles. The lowest BCUT2D eigenvalue weighted by Gasteiger charge is -2.31.